The maximum atomic E-state index is 12.4. The number of carbonyl (C=O) groups excluding carboxylic acids is 1. The van der Waals surface area contributed by atoms with Crippen molar-refractivity contribution in [3.63, 3.8) is 0 Å². The molecule has 1 aromatic rings. The average Bonchev–Trinajstić information content (AvgIpc) is 2.48. The van der Waals surface area contributed by atoms with Crippen LogP contribution in [0.3, 0.4) is 0 Å². The monoisotopic (exact) mass is 335 g/mol. The first-order valence-electron chi connectivity index (χ1n) is 8.48. The van der Waals surface area contributed by atoms with E-state index in [0.29, 0.717) is 26.3 Å². The highest BCUT2D eigenvalue weighted by Gasteiger charge is 2.34. The van der Waals surface area contributed by atoms with Crippen LogP contribution in [-0.2, 0) is 19.7 Å². The fourth-order valence-electron chi connectivity index (χ4n) is 2.57. The second-order valence-electron chi connectivity index (χ2n) is 7.26. The van der Waals surface area contributed by atoms with Gasteiger partial charge in [-0.1, -0.05) is 32.9 Å². The molecule has 0 aromatic heterocycles. The summed E-state index contributed by atoms with van der Waals surface area (Å²) >= 11 is 0. The molecule has 0 spiro atoms. The molecule has 0 saturated carbocycles. The van der Waals surface area contributed by atoms with Crippen LogP contribution in [0.25, 0.3) is 0 Å². The van der Waals surface area contributed by atoms with E-state index in [0.717, 1.165) is 5.75 Å². The van der Waals surface area contributed by atoms with Crippen LogP contribution >= 0.6 is 0 Å². The van der Waals surface area contributed by atoms with E-state index < -0.39 is 6.10 Å². The Bertz CT molecular complexity index is 529. The van der Waals surface area contributed by atoms with Gasteiger partial charge in [0.05, 0.1) is 19.3 Å². The number of hydrogen-bond donors (Lipinski definition) is 0. The highest BCUT2D eigenvalue weighted by Crippen LogP contribution is 2.25. The molecule has 0 bridgehead atoms. The van der Waals surface area contributed by atoms with E-state index in [2.05, 4.69) is 32.9 Å². The van der Waals surface area contributed by atoms with Crippen LogP contribution in [0.4, 0.5) is 0 Å². The molecule has 2 rings (SSSR count). The zero-order valence-electron chi connectivity index (χ0n) is 15.4. The molecule has 0 N–H and O–H groups in total. The minimum absolute atomic E-state index is 0.00138. The van der Waals surface area contributed by atoms with Crippen LogP contribution in [0.1, 0.15) is 33.3 Å². The number of benzene rings is 1. The standard InChI is InChI=1S/C19H29NO4/c1-14(18(21)20-12-17(13-20)23-11-10-22-5)24-16-8-6-15(7-9-16)19(2,3)4/h6-9,14,17H,10-13H2,1-5H3/t14-/m1/s1. The molecule has 24 heavy (non-hydrogen) atoms. The summed E-state index contributed by atoms with van der Waals surface area (Å²) in [5, 5.41) is 0. The van der Waals surface area contributed by atoms with Crippen LogP contribution in [0.15, 0.2) is 24.3 Å². The van der Waals surface area contributed by atoms with Crippen LogP contribution in [0.2, 0.25) is 0 Å². The summed E-state index contributed by atoms with van der Waals surface area (Å²) in [7, 11) is 1.65. The molecule has 134 valence electrons. The predicted octanol–water partition coefficient (Wildman–Crippen LogP) is 2.63. The summed E-state index contributed by atoms with van der Waals surface area (Å²) in [5.74, 6) is 0.721. The molecule has 0 unspecified atom stereocenters. The zero-order chi connectivity index (χ0) is 17.7. The summed E-state index contributed by atoms with van der Waals surface area (Å²) in [6.45, 7) is 10.7. The molecule has 1 fully saturated rings. The molecule has 1 saturated heterocycles. The van der Waals surface area contributed by atoms with E-state index >= 15 is 0 Å². The van der Waals surface area contributed by atoms with Crippen molar-refractivity contribution in [1.29, 1.82) is 0 Å². The summed E-state index contributed by atoms with van der Waals surface area (Å²) in [4.78, 5) is 14.1. The second-order valence-corrected chi connectivity index (χ2v) is 7.26. The van der Waals surface area contributed by atoms with E-state index in [-0.39, 0.29) is 17.4 Å². The number of carbonyl (C=O) groups is 1. The first-order chi connectivity index (χ1) is 11.3. The van der Waals surface area contributed by atoms with Crippen LogP contribution in [0.5, 0.6) is 5.75 Å². The Hall–Kier alpha value is -1.59. The lowest BCUT2D eigenvalue weighted by atomic mass is 9.87. The van der Waals surface area contributed by atoms with Crippen molar-refractivity contribution >= 4 is 5.91 Å². The number of amides is 1. The molecule has 1 aromatic carbocycles. The SMILES string of the molecule is COCCOC1CN(C(=O)[C@@H](C)Oc2ccc(C(C)(C)C)cc2)C1. The van der Waals surface area contributed by atoms with E-state index in [1.54, 1.807) is 18.9 Å². The van der Waals surface area contributed by atoms with Crippen molar-refractivity contribution < 1.29 is 19.0 Å². The Morgan fingerprint density at radius 2 is 1.83 bits per heavy atom. The van der Waals surface area contributed by atoms with E-state index in [4.69, 9.17) is 14.2 Å². The van der Waals surface area contributed by atoms with Crippen molar-refractivity contribution in [2.45, 2.75) is 45.3 Å². The Balaban J connectivity index is 1.78. The number of rotatable bonds is 7. The van der Waals surface area contributed by atoms with Gasteiger partial charge < -0.3 is 19.1 Å². The minimum atomic E-state index is -0.495. The predicted molar refractivity (Wildman–Crippen MR) is 93.4 cm³/mol. The van der Waals surface area contributed by atoms with Crippen molar-refractivity contribution in [2.24, 2.45) is 0 Å². The van der Waals surface area contributed by atoms with Gasteiger partial charge in [0.1, 0.15) is 5.75 Å². The molecule has 1 amide bonds. The number of nitrogens with zero attached hydrogens (tertiary/aromatic N) is 1. The third-order valence-electron chi connectivity index (χ3n) is 4.18. The van der Waals surface area contributed by atoms with Gasteiger partial charge in [0.25, 0.3) is 5.91 Å². The molecule has 0 radical (unpaired) electrons. The lowest BCUT2D eigenvalue weighted by Crippen LogP contribution is -2.57. The van der Waals surface area contributed by atoms with Crippen molar-refractivity contribution in [2.75, 3.05) is 33.4 Å². The Morgan fingerprint density at radius 1 is 1.21 bits per heavy atom. The number of methoxy groups -OCH3 is 1. The largest absolute Gasteiger partial charge is 0.481 e. The molecular formula is C19H29NO4. The molecule has 1 aliphatic rings. The van der Waals surface area contributed by atoms with E-state index in [1.807, 2.05) is 12.1 Å². The summed E-state index contributed by atoms with van der Waals surface area (Å²) in [5.41, 5.74) is 1.35. The first kappa shape index (κ1) is 18.7. The number of hydrogen-bond acceptors (Lipinski definition) is 4. The van der Waals surface area contributed by atoms with Gasteiger partial charge in [-0.3, -0.25) is 4.79 Å². The van der Waals surface area contributed by atoms with Crippen LogP contribution < -0.4 is 4.74 Å². The molecule has 1 atom stereocenters. The van der Waals surface area contributed by atoms with Crippen molar-refractivity contribution in [3.8, 4) is 5.75 Å². The van der Waals surface area contributed by atoms with Gasteiger partial charge in [-0.25, -0.2) is 0 Å². The van der Waals surface area contributed by atoms with Crippen molar-refractivity contribution in [1.82, 2.24) is 4.90 Å². The smallest absolute Gasteiger partial charge is 0.263 e. The molecule has 0 aliphatic carbocycles. The number of ether oxygens (including phenoxy) is 3. The fraction of sp³-hybridized carbons (Fsp3) is 0.632. The topological polar surface area (TPSA) is 48.0 Å². The number of likely N-dealkylation sites (tertiary alicyclic amines) is 1. The molecular weight excluding hydrogens is 306 g/mol. The third-order valence-corrected chi connectivity index (χ3v) is 4.18. The third kappa shape index (κ3) is 4.95. The lowest BCUT2D eigenvalue weighted by Gasteiger charge is -2.40. The summed E-state index contributed by atoms with van der Waals surface area (Å²) in [6, 6.07) is 7.96. The average molecular weight is 335 g/mol. The van der Waals surface area contributed by atoms with Gasteiger partial charge in [0.15, 0.2) is 6.10 Å². The highest BCUT2D eigenvalue weighted by atomic mass is 16.5. The second kappa shape index (κ2) is 7.99. The maximum Gasteiger partial charge on any atom is 0.263 e. The van der Waals surface area contributed by atoms with Crippen LogP contribution in [-0.4, -0.2) is 56.4 Å². The van der Waals surface area contributed by atoms with E-state index in [9.17, 15) is 4.79 Å². The summed E-state index contributed by atoms with van der Waals surface area (Å²) < 4.78 is 16.3. The normalized spacial score (nSPS) is 16.6. The van der Waals surface area contributed by atoms with E-state index in [1.165, 1.54) is 5.56 Å². The fourth-order valence-corrected chi connectivity index (χ4v) is 2.57. The maximum absolute atomic E-state index is 12.4. The Morgan fingerprint density at radius 3 is 2.38 bits per heavy atom. The van der Waals surface area contributed by atoms with Gasteiger partial charge >= 0.3 is 0 Å². The van der Waals surface area contributed by atoms with Gasteiger partial charge in [0.2, 0.25) is 0 Å². The zero-order valence-corrected chi connectivity index (χ0v) is 15.4. The van der Waals surface area contributed by atoms with Gasteiger partial charge in [0, 0.05) is 20.2 Å². The molecule has 5 nitrogen and oxygen atoms in total. The van der Waals surface area contributed by atoms with Gasteiger partial charge in [-0.2, -0.15) is 0 Å². The van der Waals surface area contributed by atoms with Gasteiger partial charge in [-0.15, -0.1) is 0 Å². The quantitative estimate of drug-likeness (QED) is 0.719. The molecule has 1 aliphatic heterocycles. The van der Waals surface area contributed by atoms with Crippen molar-refractivity contribution in [3.05, 3.63) is 29.8 Å². The van der Waals surface area contributed by atoms with Gasteiger partial charge in [-0.05, 0) is 30.0 Å². The molecule has 5 heteroatoms. The summed E-state index contributed by atoms with van der Waals surface area (Å²) in [6.07, 6.45) is -0.382. The minimum Gasteiger partial charge on any atom is -0.481 e. The molecule has 1 heterocycles. The first-order valence-corrected chi connectivity index (χ1v) is 8.48. The lowest BCUT2D eigenvalue weighted by molar-refractivity contribution is -0.152. The Kier molecular flexibility index (Phi) is 6.24. The Labute approximate surface area is 144 Å². The van der Waals surface area contributed by atoms with Crippen LogP contribution in [0, 0.1) is 0 Å². The highest BCUT2D eigenvalue weighted by molar-refractivity contribution is 5.81.